The van der Waals surface area contributed by atoms with E-state index in [1.54, 1.807) is 3.59 Å². The average molecular weight is 437 g/mol. The summed E-state index contributed by atoms with van der Waals surface area (Å²) < 4.78 is 5.95. The van der Waals surface area contributed by atoms with E-state index in [0.29, 0.717) is 0 Å². The quantitative estimate of drug-likeness (QED) is 0.359. The average Bonchev–Trinajstić information content (AvgIpc) is 2.61. The molecular formula is C22H38OSn. The van der Waals surface area contributed by atoms with Gasteiger partial charge < -0.3 is 0 Å². The zero-order valence-corrected chi connectivity index (χ0v) is 19.3. The van der Waals surface area contributed by atoms with Crippen LogP contribution in [-0.4, -0.2) is 30.1 Å². The molecule has 1 N–H and O–H groups in total. The first-order valence-corrected chi connectivity index (χ1v) is 17.5. The van der Waals surface area contributed by atoms with Crippen LogP contribution >= 0.6 is 0 Å². The molecule has 1 aromatic carbocycles. The van der Waals surface area contributed by atoms with Crippen LogP contribution in [0, 0.1) is 6.92 Å². The van der Waals surface area contributed by atoms with E-state index >= 15 is 0 Å². The number of hydrogen-bond donors (Lipinski definition) is 1. The molecule has 0 radical (unpaired) electrons. The van der Waals surface area contributed by atoms with Crippen molar-refractivity contribution >= 4 is 22.0 Å². The fourth-order valence-corrected chi connectivity index (χ4v) is 20.8. The summed E-state index contributed by atoms with van der Waals surface area (Å²) in [5.74, 6) is 0. The van der Waals surface area contributed by atoms with Crippen molar-refractivity contribution in [2.45, 2.75) is 79.5 Å². The third-order valence-corrected chi connectivity index (χ3v) is 21.1. The predicted molar refractivity (Wildman–Crippen MR) is 111 cm³/mol. The number of aliphatic hydroxyl groups is 1. The van der Waals surface area contributed by atoms with E-state index in [1.807, 2.05) is 0 Å². The van der Waals surface area contributed by atoms with Gasteiger partial charge in [-0.1, -0.05) is 0 Å². The van der Waals surface area contributed by atoms with Gasteiger partial charge in [0.25, 0.3) is 0 Å². The van der Waals surface area contributed by atoms with Crippen molar-refractivity contribution in [3.05, 3.63) is 41.5 Å². The van der Waals surface area contributed by atoms with Gasteiger partial charge in [-0.05, 0) is 0 Å². The van der Waals surface area contributed by atoms with Crippen LogP contribution in [0.3, 0.4) is 0 Å². The van der Waals surface area contributed by atoms with E-state index in [-0.39, 0.29) is 6.61 Å². The Morgan fingerprint density at radius 3 is 1.71 bits per heavy atom. The van der Waals surface area contributed by atoms with Gasteiger partial charge in [0.15, 0.2) is 0 Å². The van der Waals surface area contributed by atoms with Crippen LogP contribution in [-0.2, 0) is 0 Å². The SMILES string of the molecule is CCC[CH2][Sn]([CH2]CCC)([CH2]CCC)/[C](=C/CO)c1ccc(C)cc1. The van der Waals surface area contributed by atoms with Crippen LogP contribution in [0.25, 0.3) is 3.59 Å². The summed E-state index contributed by atoms with van der Waals surface area (Å²) in [5.41, 5.74) is 2.72. The summed E-state index contributed by atoms with van der Waals surface area (Å²) in [5, 5.41) is 9.75. The van der Waals surface area contributed by atoms with E-state index in [2.05, 4.69) is 58.0 Å². The molecule has 0 aliphatic carbocycles. The van der Waals surface area contributed by atoms with Crippen molar-refractivity contribution in [1.82, 2.24) is 0 Å². The number of rotatable bonds is 12. The number of aliphatic hydroxyl groups excluding tert-OH is 1. The van der Waals surface area contributed by atoms with Crippen LogP contribution in [0.2, 0.25) is 13.3 Å². The molecule has 24 heavy (non-hydrogen) atoms. The Kier molecular flexibility index (Phi) is 11.0. The minimum atomic E-state index is -2.48. The van der Waals surface area contributed by atoms with Crippen LogP contribution in [0.1, 0.15) is 70.4 Å². The van der Waals surface area contributed by atoms with Crippen LogP contribution in [0.4, 0.5) is 0 Å². The molecule has 136 valence electrons. The van der Waals surface area contributed by atoms with Gasteiger partial charge in [-0.3, -0.25) is 0 Å². The number of benzene rings is 1. The maximum absolute atomic E-state index is 9.75. The van der Waals surface area contributed by atoms with Crippen LogP contribution < -0.4 is 0 Å². The normalized spacial score (nSPS) is 12.6. The molecule has 0 atom stereocenters. The maximum atomic E-state index is 9.75. The van der Waals surface area contributed by atoms with E-state index in [9.17, 15) is 5.11 Å². The Hall–Kier alpha value is -0.281. The summed E-state index contributed by atoms with van der Waals surface area (Å²) >= 11 is -2.48. The topological polar surface area (TPSA) is 20.2 Å². The zero-order chi connectivity index (χ0) is 17.8. The molecule has 1 nitrogen and oxygen atoms in total. The molecule has 0 aromatic heterocycles. The Morgan fingerprint density at radius 1 is 0.875 bits per heavy atom. The molecule has 0 bridgehead atoms. The van der Waals surface area contributed by atoms with Crippen molar-refractivity contribution in [1.29, 1.82) is 0 Å². The molecule has 2 heteroatoms. The monoisotopic (exact) mass is 438 g/mol. The van der Waals surface area contributed by atoms with Crippen LogP contribution in [0.5, 0.6) is 0 Å². The second-order valence-corrected chi connectivity index (χ2v) is 20.4. The van der Waals surface area contributed by atoms with Gasteiger partial charge in [0, 0.05) is 0 Å². The standard InChI is InChI=1S/C10H11O.3C4H9.Sn/c1-9-4-6-10(7-5-9)3-2-8-11;3*1-3-4-2;/h2,4-7,11H,8H2,1H3;3*1,3-4H2,2H3;. The summed E-state index contributed by atoms with van der Waals surface area (Å²) in [6, 6.07) is 9.06. The van der Waals surface area contributed by atoms with Gasteiger partial charge in [-0.25, -0.2) is 0 Å². The molecule has 0 unspecified atom stereocenters. The molecule has 0 fully saturated rings. The van der Waals surface area contributed by atoms with Crippen molar-refractivity contribution in [2.24, 2.45) is 0 Å². The van der Waals surface area contributed by atoms with Crippen molar-refractivity contribution in [2.75, 3.05) is 6.61 Å². The fraction of sp³-hybridized carbons (Fsp3) is 0.636. The number of hydrogen-bond acceptors (Lipinski definition) is 1. The second kappa shape index (κ2) is 12.1. The minimum absolute atomic E-state index is 0.187. The molecule has 0 aliphatic heterocycles. The first-order chi connectivity index (χ1) is 11.6. The first-order valence-electron chi connectivity index (χ1n) is 10.0. The predicted octanol–water partition coefficient (Wildman–Crippen LogP) is 6.76. The first kappa shape index (κ1) is 21.8. The molecule has 0 saturated heterocycles. The summed E-state index contributed by atoms with van der Waals surface area (Å²) in [7, 11) is 0. The Bertz CT molecular complexity index is 453. The molecule has 0 saturated carbocycles. The molecule has 0 amide bonds. The number of aryl methyl sites for hydroxylation is 1. The van der Waals surface area contributed by atoms with Gasteiger partial charge in [0.1, 0.15) is 0 Å². The Morgan fingerprint density at radius 2 is 1.33 bits per heavy atom. The summed E-state index contributed by atoms with van der Waals surface area (Å²) in [4.78, 5) is 0. The molecule has 0 heterocycles. The van der Waals surface area contributed by atoms with Gasteiger partial charge in [-0.15, -0.1) is 0 Å². The third kappa shape index (κ3) is 6.55. The van der Waals surface area contributed by atoms with Crippen LogP contribution in [0.15, 0.2) is 30.3 Å². The Labute approximate surface area is 154 Å². The summed E-state index contributed by atoms with van der Waals surface area (Å²) in [6.45, 7) is 9.29. The molecule has 0 spiro atoms. The van der Waals surface area contributed by atoms with Crippen molar-refractivity contribution < 1.29 is 5.11 Å². The summed E-state index contributed by atoms with van der Waals surface area (Å²) in [6.07, 6.45) is 10.1. The molecule has 1 rings (SSSR count). The van der Waals surface area contributed by atoms with Gasteiger partial charge in [0.2, 0.25) is 0 Å². The van der Waals surface area contributed by atoms with Crippen molar-refractivity contribution in [3.8, 4) is 0 Å². The molecule has 1 aromatic rings. The van der Waals surface area contributed by atoms with Gasteiger partial charge in [0.05, 0.1) is 0 Å². The molecule has 0 aliphatic rings. The van der Waals surface area contributed by atoms with E-state index in [0.717, 1.165) is 0 Å². The van der Waals surface area contributed by atoms with Gasteiger partial charge >= 0.3 is 155 Å². The van der Waals surface area contributed by atoms with E-state index in [4.69, 9.17) is 0 Å². The number of unbranched alkanes of at least 4 members (excludes halogenated alkanes) is 3. The van der Waals surface area contributed by atoms with E-state index in [1.165, 1.54) is 63.0 Å². The van der Waals surface area contributed by atoms with Crippen molar-refractivity contribution in [3.63, 3.8) is 0 Å². The van der Waals surface area contributed by atoms with E-state index < -0.39 is 18.4 Å². The Balaban J connectivity index is 3.29. The zero-order valence-electron chi connectivity index (χ0n) is 16.4. The molecular weight excluding hydrogens is 399 g/mol. The third-order valence-electron chi connectivity index (χ3n) is 5.26. The second-order valence-electron chi connectivity index (χ2n) is 7.26. The van der Waals surface area contributed by atoms with Gasteiger partial charge in [-0.2, -0.15) is 0 Å². The fourth-order valence-electron chi connectivity index (χ4n) is 3.79.